The normalized spacial score (nSPS) is 16.2. The fourth-order valence-corrected chi connectivity index (χ4v) is 2.18. The maximum Gasteiger partial charge on any atom is 0.00682 e. The summed E-state index contributed by atoms with van der Waals surface area (Å²) >= 11 is 0. The lowest BCUT2D eigenvalue weighted by Crippen LogP contribution is -2.26. The lowest BCUT2D eigenvalue weighted by atomic mass is 9.80. The maximum absolute atomic E-state index is 3.61. The highest BCUT2D eigenvalue weighted by Gasteiger charge is 2.24. The van der Waals surface area contributed by atoms with E-state index >= 15 is 0 Å². The molecule has 1 aliphatic carbocycles. The molecule has 1 heteroatoms. The third-order valence-electron chi connectivity index (χ3n) is 4.05. The van der Waals surface area contributed by atoms with Crippen molar-refractivity contribution in [1.29, 1.82) is 0 Å². The Labute approximate surface area is 106 Å². The Morgan fingerprint density at radius 1 is 1.18 bits per heavy atom. The van der Waals surface area contributed by atoms with Gasteiger partial charge in [-0.05, 0) is 61.8 Å². The van der Waals surface area contributed by atoms with E-state index in [9.17, 15) is 0 Å². The van der Waals surface area contributed by atoms with E-state index in [2.05, 4.69) is 51.2 Å². The summed E-state index contributed by atoms with van der Waals surface area (Å²) in [5.74, 6) is 0. The Balaban J connectivity index is 1.98. The molecule has 1 aromatic rings. The molecule has 0 bridgehead atoms. The average molecular weight is 231 g/mol. The minimum absolute atomic E-state index is 0.278. The molecule has 0 spiro atoms. The van der Waals surface area contributed by atoms with Crippen LogP contribution in [-0.2, 0) is 5.41 Å². The molecule has 2 rings (SSSR count). The molecule has 1 N–H and O–H groups in total. The first kappa shape index (κ1) is 12.6. The number of rotatable bonds is 5. The molecule has 1 saturated carbocycles. The molecule has 0 heterocycles. The van der Waals surface area contributed by atoms with Gasteiger partial charge in [0.1, 0.15) is 0 Å². The van der Waals surface area contributed by atoms with E-state index in [4.69, 9.17) is 0 Å². The zero-order chi connectivity index (χ0) is 12.5. The minimum atomic E-state index is 0.278. The SMILES string of the molecule is Cc1ccc(C(C)(C)CCNC2CC2)cc1C. The molecule has 1 aliphatic rings. The topological polar surface area (TPSA) is 12.0 Å². The zero-order valence-electron chi connectivity index (χ0n) is 11.6. The lowest BCUT2D eigenvalue weighted by Gasteiger charge is -2.26. The van der Waals surface area contributed by atoms with E-state index in [1.807, 2.05) is 0 Å². The monoisotopic (exact) mass is 231 g/mol. The summed E-state index contributed by atoms with van der Waals surface area (Å²) in [7, 11) is 0. The molecule has 1 aromatic carbocycles. The van der Waals surface area contributed by atoms with Crippen molar-refractivity contribution in [1.82, 2.24) is 5.32 Å². The molecule has 0 aliphatic heterocycles. The Bertz CT molecular complexity index is 389. The highest BCUT2D eigenvalue weighted by atomic mass is 14.9. The Hall–Kier alpha value is -0.820. The molecule has 0 radical (unpaired) electrons. The molecule has 17 heavy (non-hydrogen) atoms. The van der Waals surface area contributed by atoms with Crippen LogP contribution in [0.4, 0.5) is 0 Å². The van der Waals surface area contributed by atoms with Gasteiger partial charge in [0.25, 0.3) is 0 Å². The fraction of sp³-hybridized carbons (Fsp3) is 0.625. The number of aryl methyl sites for hydroxylation is 2. The van der Waals surface area contributed by atoms with Crippen LogP contribution in [0.5, 0.6) is 0 Å². The van der Waals surface area contributed by atoms with Crippen LogP contribution in [0, 0.1) is 13.8 Å². The molecular formula is C16H25N. The molecule has 0 atom stereocenters. The third kappa shape index (κ3) is 3.32. The third-order valence-corrected chi connectivity index (χ3v) is 4.05. The predicted octanol–water partition coefficient (Wildman–Crippen LogP) is 3.72. The van der Waals surface area contributed by atoms with Gasteiger partial charge in [0.2, 0.25) is 0 Å². The van der Waals surface area contributed by atoms with E-state index in [0.717, 1.165) is 12.6 Å². The first-order valence-electron chi connectivity index (χ1n) is 6.80. The summed E-state index contributed by atoms with van der Waals surface area (Å²) in [5.41, 5.74) is 4.55. The van der Waals surface area contributed by atoms with Gasteiger partial charge < -0.3 is 5.32 Å². The van der Waals surface area contributed by atoms with Crippen molar-refractivity contribution in [2.45, 2.75) is 58.4 Å². The lowest BCUT2D eigenvalue weighted by molar-refractivity contribution is 0.456. The Morgan fingerprint density at radius 3 is 2.47 bits per heavy atom. The van der Waals surface area contributed by atoms with E-state index in [-0.39, 0.29) is 5.41 Å². The van der Waals surface area contributed by atoms with E-state index in [1.54, 1.807) is 0 Å². The quantitative estimate of drug-likeness (QED) is 0.814. The van der Waals surface area contributed by atoms with E-state index in [0.29, 0.717) is 0 Å². The van der Waals surface area contributed by atoms with Gasteiger partial charge in [-0.15, -0.1) is 0 Å². The van der Waals surface area contributed by atoms with Crippen LogP contribution in [0.25, 0.3) is 0 Å². The smallest absolute Gasteiger partial charge is 0.00682 e. The van der Waals surface area contributed by atoms with Crippen molar-refractivity contribution in [2.24, 2.45) is 0 Å². The number of hydrogen-bond acceptors (Lipinski definition) is 1. The van der Waals surface area contributed by atoms with Crippen LogP contribution < -0.4 is 5.32 Å². The van der Waals surface area contributed by atoms with Crippen LogP contribution in [0.15, 0.2) is 18.2 Å². The van der Waals surface area contributed by atoms with Gasteiger partial charge in [-0.1, -0.05) is 32.0 Å². The molecule has 94 valence electrons. The van der Waals surface area contributed by atoms with Crippen molar-refractivity contribution >= 4 is 0 Å². The summed E-state index contributed by atoms with van der Waals surface area (Å²) in [6.07, 6.45) is 3.97. The first-order chi connectivity index (χ1) is 7.99. The summed E-state index contributed by atoms with van der Waals surface area (Å²) in [6.45, 7) is 10.2. The van der Waals surface area contributed by atoms with Crippen molar-refractivity contribution in [3.05, 3.63) is 34.9 Å². The molecular weight excluding hydrogens is 206 g/mol. The van der Waals surface area contributed by atoms with Gasteiger partial charge in [-0.25, -0.2) is 0 Å². The molecule has 0 aromatic heterocycles. The molecule has 1 nitrogen and oxygen atoms in total. The van der Waals surface area contributed by atoms with E-state index in [1.165, 1.54) is 36.0 Å². The number of hydrogen-bond donors (Lipinski definition) is 1. The van der Waals surface area contributed by atoms with E-state index < -0.39 is 0 Å². The van der Waals surface area contributed by atoms with Crippen LogP contribution in [-0.4, -0.2) is 12.6 Å². The maximum atomic E-state index is 3.61. The molecule has 0 amide bonds. The van der Waals surface area contributed by atoms with Gasteiger partial charge in [0.05, 0.1) is 0 Å². The number of nitrogens with one attached hydrogen (secondary N) is 1. The summed E-state index contributed by atoms with van der Waals surface area (Å²) in [5, 5.41) is 3.61. The van der Waals surface area contributed by atoms with Crippen molar-refractivity contribution in [2.75, 3.05) is 6.54 Å². The summed E-state index contributed by atoms with van der Waals surface area (Å²) in [6, 6.07) is 7.72. The number of benzene rings is 1. The Kier molecular flexibility index (Phi) is 3.58. The first-order valence-corrected chi connectivity index (χ1v) is 6.80. The fourth-order valence-electron chi connectivity index (χ4n) is 2.18. The second-order valence-electron chi connectivity index (χ2n) is 6.16. The van der Waals surface area contributed by atoms with Crippen molar-refractivity contribution < 1.29 is 0 Å². The second kappa shape index (κ2) is 4.81. The standard InChI is InChI=1S/C16H25N/c1-12-5-6-14(11-13(12)2)16(3,4)9-10-17-15-7-8-15/h5-6,11,15,17H,7-10H2,1-4H3. The van der Waals surface area contributed by atoms with Crippen LogP contribution in [0.2, 0.25) is 0 Å². The van der Waals surface area contributed by atoms with Crippen LogP contribution >= 0.6 is 0 Å². The highest BCUT2D eigenvalue weighted by molar-refractivity contribution is 5.33. The van der Waals surface area contributed by atoms with Crippen molar-refractivity contribution in [3.63, 3.8) is 0 Å². The van der Waals surface area contributed by atoms with Gasteiger partial charge >= 0.3 is 0 Å². The van der Waals surface area contributed by atoms with Gasteiger partial charge in [0.15, 0.2) is 0 Å². The van der Waals surface area contributed by atoms with Gasteiger partial charge in [0, 0.05) is 6.04 Å². The summed E-state index contributed by atoms with van der Waals surface area (Å²) < 4.78 is 0. The molecule has 0 saturated heterocycles. The molecule has 0 unspecified atom stereocenters. The van der Waals surface area contributed by atoms with Crippen LogP contribution in [0.1, 0.15) is 49.8 Å². The average Bonchev–Trinajstić information content (AvgIpc) is 3.05. The second-order valence-corrected chi connectivity index (χ2v) is 6.16. The zero-order valence-corrected chi connectivity index (χ0v) is 11.6. The minimum Gasteiger partial charge on any atom is -0.314 e. The van der Waals surface area contributed by atoms with Gasteiger partial charge in [-0.2, -0.15) is 0 Å². The highest BCUT2D eigenvalue weighted by Crippen LogP contribution is 2.28. The van der Waals surface area contributed by atoms with Gasteiger partial charge in [-0.3, -0.25) is 0 Å². The molecule has 1 fully saturated rings. The van der Waals surface area contributed by atoms with Crippen LogP contribution in [0.3, 0.4) is 0 Å². The Morgan fingerprint density at radius 2 is 1.88 bits per heavy atom. The van der Waals surface area contributed by atoms with Crippen molar-refractivity contribution in [3.8, 4) is 0 Å². The largest absolute Gasteiger partial charge is 0.314 e. The summed E-state index contributed by atoms with van der Waals surface area (Å²) in [4.78, 5) is 0. The predicted molar refractivity (Wildman–Crippen MR) is 74.6 cm³/mol.